The lowest BCUT2D eigenvalue weighted by Crippen LogP contribution is -2.39. The maximum atomic E-state index is 11.0. The number of rotatable bonds is 5. The molecule has 0 bridgehead atoms. The van der Waals surface area contributed by atoms with Crippen molar-refractivity contribution >= 4 is 11.9 Å². The monoisotopic (exact) mass is 171 g/mol. The van der Waals surface area contributed by atoms with Crippen LogP contribution in [0.4, 0.5) is 4.79 Å². The summed E-state index contributed by atoms with van der Waals surface area (Å²) in [4.78, 5) is 21.2. The second-order valence-corrected chi connectivity index (χ2v) is 2.40. The average molecular weight is 171 g/mol. The Labute approximate surface area is 71.3 Å². The minimum absolute atomic E-state index is 0.278. The van der Waals surface area contributed by atoms with Gasteiger partial charge >= 0.3 is 6.09 Å². The molecule has 2 N–H and O–H groups in total. The van der Waals surface area contributed by atoms with Gasteiger partial charge in [-0.25, -0.2) is 4.79 Å². The first-order valence-electron chi connectivity index (χ1n) is 3.77. The fraction of sp³-hybridized carbons (Fsp3) is 0.500. The van der Waals surface area contributed by atoms with Crippen LogP contribution in [0, 0.1) is 0 Å². The van der Waals surface area contributed by atoms with E-state index in [1.165, 1.54) is 0 Å². The van der Waals surface area contributed by atoms with Crippen LogP contribution in [0.15, 0.2) is 12.7 Å². The molecule has 0 fully saturated rings. The molecule has 0 aliphatic carbocycles. The maximum Gasteiger partial charge on any atom is 0.405 e. The molecule has 0 aliphatic heterocycles. The van der Waals surface area contributed by atoms with Crippen molar-refractivity contribution in [2.45, 2.75) is 25.8 Å². The molecule has 4 heteroatoms. The highest BCUT2D eigenvalue weighted by Gasteiger charge is 2.15. The van der Waals surface area contributed by atoms with E-state index in [2.05, 4.69) is 11.9 Å². The molecular formula is C8H13NO3. The van der Waals surface area contributed by atoms with Crippen LogP contribution in [0.25, 0.3) is 0 Å². The molecule has 0 spiro atoms. The highest BCUT2D eigenvalue weighted by molar-refractivity contribution is 5.95. The van der Waals surface area contributed by atoms with Gasteiger partial charge in [-0.15, -0.1) is 0 Å². The number of amides is 1. The Kier molecular flexibility index (Phi) is 4.76. The van der Waals surface area contributed by atoms with Gasteiger partial charge in [0.05, 0.1) is 6.04 Å². The Morgan fingerprint density at radius 3 is 2.58 bits per heavy atom. The van der Waals surface area contributed by atoms with Gasteiger partial charge in [0, 0.05) is 0 Å². The van der Waals surface area contributed by atoms with Crippen molar-refractivity contribution in [3.8, 4) is 0 Å². The van der Waals surface area contributed by atoms with Gasteiger partial charge in [-0.3, -0.25) is 4.79 Å². The summed E-state index contributed by atoms with van der Waals surface area (Å²) in [5, 5.41) is 10.5. The van der Waals surface area contributed by atoms with Crippen LogP contribution >= 0.6 is 0 Å². The van der Waals surface area contributed by atoms with Crippen LogP contribution in [-0.2, 0) is 4.79 Å². The molecule has 0 radical (unpaired) electrons. The fourth-order valence-electron chi connectivity index (χ4n) is 0.866. The zero-order valence-electron chi connectivity index (χ0n) is 7.04. The minimum atomic E-state index is -1.18. The smallest absolute Gasteiger partial charge is 0.405 e. The summed E-state index contributed by atoms with van der Waals surface area (Å²) in [5.74, 6) is -0.278. The second-order valence-electron chi connectivity index (χ2n) is 2.40. The molecular weight excluding hydrogens is 158 g/mol. The molecule has 0 saturated carbocycles. The lowest BCUT2D eigenvalue weighted by Gasteiger charge is -2.11. The lowest BCUT2D eigenvalue weighted by atomic mass is 10.1. The molecule has 0 heterocycles. The fourth-order valence-corrected chi connectivity index (χ4v) is 0.866. The van der Waals surface area contributed by atoms with Crippen LogP contribution in [0.1, 0.15) is 19.8 Å². The van der Waals surface area contributed by atoms with E-state index in [4.69, 9.17) is 5.11 Å². The second kappa shape index (κ2) is 5.35. The molecule has 12 heavy (non-hydrogen) atoms. The van der Waals surface area contributed by atoms with Gasteiger partial charge in [0.25, 0.3) is 0 Å². The molecule has 1 atom stereocenters. The molecule has 0 aromatic heterocycles. The summed E-state index contributed by atoms with van der Waals surface area (Å²) < 4.78 is 0. The molecule has 0 saturated heterocycles. The Hall–Kier alpha value is -1.32. The van der Waals surface area contributed by atoms with Crippen molar-refractivity contribution in [1.82, 2.24) is 5.32 Å². The maximum absolute atomic E-state index is 11.0. The predicted molar refractivity (Wildman–Crippen MR) is 45.1 cm³/mol. The van der Waals surface area contributed by atoms with Gasteiger partial charge in [0.15, 0.2) is 5.78 Å². The summed E-state index contributed by atoms with van der Waals surface area (Å²) >= 11 is 0. The first kappa shape index (κ1) is 10.7. The van der Waals surface area contributed by atoms with E-state index in [0.29, 0.717) is 6.42 Å². The van der Waals surface area contributed by atoms with E-state index >= 15 is 0 Å². The van der Waals surface area contributed by atoms with E-state index in [-0.39, 0.29) is 5.78 Å². The van der Waals surface area contributed by atoms with E-state index in [0.717, 1.165) is 12.5 Å². The summed E-state index contributed by atoms with van der Waals surface area (Å²) in [6.45, 7) is 5.17. The Morgan fingerprint density at radius 2 is 2.25 bits per heavy atom. The van der Waals surface area contributed by atoms with Crippen LogP contribution in [0.2, 0.25) is 0 Å². The number of ketones is 1. The molecule has 1 unspecified atom stereocenters. The zero-order chi connectivity index (χ0) is 9.56. The minimum Gasteiger partial charge on any atom is -0.465 e. The van der Waals surface area contributed by atoms with Crippen LogP contribution < -0.4 is 5.32 Å². The zero-order valence-corrected chi connectivity index (χ0v) is 7.04. The third kappa shape index (κ3) is 3.75. The Balaban J connectivity index is 4.11. The van der Waals surface area contributed by atoms with Crippen LogP contribution in [0.3, 0.4) is 0 Å². The standard InChI is InChI=1S/C8H13NO3/c1-3-5-6(7(10)4-2)9-8(11)12/h4,6,9H,2-3,5H2,1H3,(H,11,12). The molecule has 4 nitrogen and oxygen atoms in total. The number of hydrogen-bond acceptors (Lipinski definition) is 2. The predicted octanol–water partition coefficient (Wildman–Crippen LogP) is 1.18. The van der Waals surface area contributed by atoms with Crippen molar-refractivity contribution in [2.24, 2.45) is 0 Å². The van der Waals surface area contributed by atoms with Gasteiger partial charge in [-0.05, 0) is 12.5 Å². The van der Waals surface area contributed by atoms with Gasteiger partial charge in [-0.2, -0.15) is 0 Å². The summed E-state index contributed by atoms with van der Waals surface area (Å²) in [7, 11) is 0. The first-order valence-corrected chi connectivity index (χ1v) is 3.77. The largest absolute Gasteiger partial charge is 0.465 e. The summed E-state index contributed by atoms with van der Waals surface area (Å²) in [5.41, 5.74) is 0. The molecule has 0 rings (SSSR count). The van der Waals surface area contributed by atoms with Crippen molar-refractivity contribution in [3.05, 3.63) is 12.7 Å². The van der Waals surface area contributed by atoms with Crippen molar-refractivity contribution in [3.63, 3.8) is 0 Å². The highest BCUT2D eigenvalue weighted by atomic mass is 16.4. The van der Waals surface area contributed by atoms with Crippen LogP contribution in [0.5, 0.6) is 0 Å². The quantitative estimate of drug-likeness (QED) is 0.610. The van der Waals surface area contributed by atoms with Crippen molar-refractivity contribution < 1.29 is 14.7 Å². The molecule has 68 valence electrons. The topological polar surface area (TPSA) is 66.4 Å². The molecule has 0 aliphatic rings. The summed E-state index contributed by atoms with van der Waals surface area (Å²) in [6.07, 6.45) is 1.22. The first-order chi connectivity index (χ1) is 5.61. The third-order valence-electron chi connectivity index (χ3n) is 1.42. The Bertz CT molecular complexity index is 189. The molecule has 0 aromatic rings. The highest BCUT2D eigenvalue weighted by Crippen LogP contribution is 1.98. The van der Waals surface area contributed by atoms with E-state index < -0.39 is 12.1 Å². The molecule has 1 amide bonds. The average Bonchev–Trinajstić information content (AvgIpc) is 2.01. The van der Waals surface area contributed by atoms with Crippen LogP contribution in [-0.4, -0.2) is 23.0 Å². The number of carbonyl (C=O) groups excluding carboxylic acids is 1. The van der Waals surface area contributed by atoms with Gasteiger partial charge < -0.3 is 10.4 Å². The number of carbonyl (C=O) groups is 2. The van der Waals surface area contributed by atoms with E-state index in [9.17, 15) is 9.59 Å². The van der Waals surface area contributed by atoms with Gasteiger partial charge in [0.1, 0.15) is 0 Å². The van der Waals surface area contributed by atoms with Gasteiger partial charge in [-0.1, -0.05) is 19.9 Å². The normalized spacial score (nSPS) is 11.8. The molecule has 0 aromatic carbocycles. The number of hydrogen-bond donors (Lipinski definition) is 2. The van der Waals surface area contributed by atoms with Crippen molar-refractivity contribution in [1.29, 1.82) is 0 Å². The van der Waals surface area contributed by atoms with Crippen molar-refractivity contribution in [2.75, 3.05) is 0 Å². The SMILES string of the molecule is C=CC(=O)C(CCC)NC(=O)O. The van der Waals surface area contributed by atoms with Gasteiger partial charge in [0.2, 0.25) is 0 Å². The lowest BCUT2D eigenvalue weighted by molar-refractivity contribution is -0.116. The van der Waals surface area contributed by atoms with E-state index in [1.807, 2.05) is 6.92 Å². The Morgan fingerprint density at radius 1 is 1.67 bits per heavy atom. The third-order valence-corrected chi connectivity index (χ3v) is 1.42. The summed E-state index contributed by atoms with van der Waals surface area (Å²) in [6, 6.07) is -0.634. The van der Waals surface area contributed by atoms with E-state index in [1.54, 1.807) is 0 Å². The number of nitrogens with one attached hydrogen (secondary N) is 1. The number of carboxylic acid groups (broad SMARTS) is 1.